The number of hydrogen-bond acceptors (Lipinski definition) is 6. The number of carbonyl (C=O) groups excluding carboxylic acids is 1. The molecule has 152 valence electrons. The second-order valence-electron chi connectivity index (χ2n) is 6.27. The molecule has 2 N–H and O–H groups in total. The van der Waals surface area contributed by atoms with E-state index in [2.05, 4.69) is 25.5 Å². The van der Waals surface area contributed by atoms with Gasteiger partial charge in [-0.25, -0.2) is 9.97 Å². The number of thioether (sulfide) groups is 1. The minimum Gasteiger partial charge on any atom is -0.298 e. The lowest BCUT2D eigenvalue weighted by atomic mass is 10.1. The molecule has 0 saturated heterocycles. The van der Waals surface area contributed by atoms with Crippen molar-refractivity contribution >= 4 is 57.3 Å². The number of aromatic amines is 1. The van der Waals surface area contributed by atoms with Gasteiger partial charge in [0, 0.05) is 38.9 Å². The smallest absolute Gasteiger partial charge is 0.257 e. The molecule has 0 aliphatic heterocycles. The van der Waals surface area contributed by atoms with Crippen LogP contribution in [-0.4, -0.2) is 26.1 Å². The van der Waals surface area contributed by atoms with E-state index < -0.39 is 0 Å². The van der Waals surface area contributed by atoms with Crippen LogP contribution < -0.4 is 5.32 Å². The summed E-state index contributed by atoms with van der Waals surface area (Å²) in [5.41, 5.74) is 2.62. The fourth-order valence-electron chi connectivity index (χ4n) is 2.64. The van der Waals surface area contributed by atoms with Gasteiger partial charge in [-0.1, -0.05) is 53.2 Å². The molecule has 2 heterocycles. The van der Waals surface area contributed by atoms with Crippen molar-refractivity contribution in [1.82, 2.24) is 20.2 Å². The molecule has 2 aromatic heterocycles. The van der Waals surface area contributed by atoms with Crippen molar-refractivity contribution in [2.45, 2.75) is 17.3 Å². The van der Waals surface area contributed by atoms with Gasteiger partial charge in [0.2, 0.25) is 0 Å². The average Bonchev–Trinajstić information content (AvgIpc) is 3.41. The van der Waals surface area contributed by atoms with E-state index in [1.165, 1.54) is 17.7 Å². The van der Waals surface area contributed by atoms with Gasteiger partial charge in [0.05, 0.1) is 0 Å². The topological polar surface area (TPSA) is 83.6 Å². The Labute approximate surface area is 191 Å². The van der Waals surface area contributed by atoms with Gasteiger partial charge in [0.25, 0.3) is 5.91 Å². The summed E-state index contributed by atoms with van der Waals surface area (Å²) in [7, 11) is 0. The highest BCUT2D eigenvalue weighted by molar-refractivity contribution is 7.98. The number of aromatic nitrogens is 4. The molecular weight excluding hydrogens is 461 g/mol. The normalized spacial score (nSPS) is 10.9. The maximum atomic E-state index is 12.5. The molecule has 0 spiro atoms. The lowest BCUT2D eigenvalue weighted by Crippen LogP contribution is -2.11. The number of rotatable bonds is 7. The van der Waals surface area contributed by atoms with Gasteiger partial charge in [-0.15, -0.1) is 11.3 Å². The van der Waals surface area contributed by atoms with Crippen molar-refractivity contribution in [3.63, 3.8) is 0 Å². The molecule has 0 aliphatic carbocycles. The second kappa shape index (κ2) is 9.61. The molecule has 0 fully saturated rings. The van der Waals surface area contributed by atoms with Crippen LogP contribution in [0.4, 0.5) is 5.13 Å². The number of carbonyl (C=O) groups is 1. The maximum absolute atomic E-state index is 12.5. The van der Waals surface area contributed by atoms with Gasteiger partial charge in [-0.3, -0.25) is 15.2 Å². The number of halogens is 2. The molecule has 0 radical (unpaired) electrons. The van der Waals surface area contributed by atoms with Crippen LogP contribution in [0.25, 0.3) is 0 Å². The minimum atomic E-state index is -0.199. The summed E-state index contributed by atoms with van der Waals surface area (Å²) in [5, 5.41) is 12.0. The molecule has 0 unspecified atom stereocenters. The molecule has 2 aromatic carbocycles. The number of benzene rings is 2. The molecule has 0 bridgehead atoms. The lowest BCUT2D eigenvalue weighted by Gasteiger charge is -2.04. The van der Waals surface area contributed by atoms with E-state index >= 15 is 0 Å². The number of amides is 1. The molecule has 0 atom stereocenters. The number of hydrogen-bond donors (Lipinski definition) is 2. The second-order valence-corrected chi connectivity index (χ2v) is 9.20. The number of thiazole rings is 1. The Morgan fingerprint density at radius 1 is 1.13 bits per heavy atom. The molecule has 30 heavy (non-hydrogen) atoms. The van der Waals surface area contributed by atoms with Crippen molar-refractivity contribution < 1.29 is 4.79 Å². The van der Waals surface area contributed by atoms with E-state index in [4.69, 9.17) is 23.2 Å². The Balaban J connectivity index is 1.34. The van der Waals surface area contributed by atoms with Gasteiger partial charge >= 0.3 is 0 Å². The first-order valence-corrected chi connectivity index (χ1v) is 11.4. The average molecular weight is 476 g/mol. The molecular formula is C20H15Cl2N5OS2. The van der Waals surface area contributed by atoms with Gasteiger partial charge in [0.15, 0.2) is 10.3 Å². The van der Waals surface area contributed by atoms with E-state index in [-0.39, 0.29) is 5.91 Å². The molecule has 4 rings (SSSR count). The summed E-state index contributed by atoms with van der Waals surface area (Å²) in [6.07, 6.45) is 3.85. The molecule has 10 heteroatoms. The van der Waals surface area contributed by atoms with Gasteiger partial charge in [-0.05, 0) is 35.4 Å². The van der Waals surface area contributed by atoms with Crippen LogP contribution >= 0.6 is 46.3 Å². The molecule has 1 amide bonds. The van der Waals surface area contributed by atoms with Crippen molar-refractivity contribution in [3.8, 4) is 0 Å². The highest BCUT2D eigenvalue weighted by atomic mass is 35.5. The molecule has 6 nitrogen and oxygen atoms in total. The fourth-order valence-corrected chi connectivity index (χ4v) is 4.68. The third kappa shape index (κ3) is 5.40. The van der Waals surface area contributed by atoms with E-state index in [9.17, 15) is 4.79 Å². The summed E-state index contributed by atoms with van der Waals surface area (Å²) in [6, 6.07) is 12.9. The summed E-state index contributed by atoms with van der Waals surface area (Å²) < 4.78 is 0. The molecule has 0 aliphatic rings. The van der Waals surface area contributed by atoms with Crippen LogP contribution in [-0.2, 0) is 12.2 Å². The first-order valence-electron chi connectivity index (χ1n) is 8.84. The van der Waals surface area contributed by atoms with Crippen LogP contribution in [0.15, 0.2) is 60.1 Å². The highest BCUT2D eigenvalue weighted by Crippen LogP contribution is 2.27. The Morgan fingerprint density at radius 2 is 1.97 bits per heavy atom. The Kier molecular flexibility index (Phi) is 6.69. The van der Waals surface area contributed by atoms with Gasteiger partial charge in [-0.2, -0.15) is 5.10 Å². The third-order valence-corrected chi connectivity index (χ3v) is 6.59. The van der Waals surface area contributed by atoms with Crippen LogP contribution in [0.2, 0.25) is 10.0 Å². The number of anilines is 1. The highest BCUT2D eigenvalue weighted by Gasteiger charge is 2.11. The standard InChI is InChI=1S/C20H15Cl2N5OS2/c21-15-6-5-14(17(22)8-15)7-16-9-23-19(30-16)26-18(28)13-3-1-12(2-4-13)10-29-20-24-11-25-27-20/h1-6,8-9,11H,7,10H2,(H,23,26,28)(H,24,25,27). The molecule has 0 saturated carbocycles. The van der Waals surface area contributed by atoms with Crippen LogP contribution in [0.1, 0.15) is 26.4 Å². The largest absolute Gasteiger partial charge is 0.298 e. The summed E-state index contributed by atoms with van der Waals surface area (Å²) in [6.45, 7) is 0. The number of nitrogens with zero attached hydrogens (tertiary/aromatic N) is 3. The van der Waals surface area contributed by atoms with E-state index in [0.29, 0.717) is 27.2 Å². The number of H-pyrrole nitrogens is 1. The SMILES string of the molecule is O=C(Nc1ncc(Cc2ccc(Cl)cc2Cl)s1)c1ccc(CSc2ncn[nH]2)cc1. The van der Waals surface area contributed by atoms with Crippen LogP contribution in [0.3, 0.4) is 0 Å². The third-order valence-electron chi connectivity index (χ3n) is 4.14. The Hall–Kier alpha value is -2.39. The zero-order chi connectivity index (χ0) is 20.9. The van der Waals surface area contributed by atoms with Crippen molar-refractivity contribution in [2.75, 3.05) is 5.32 Å². The van der Waals surface area contributed by atoms with Crippen molar-refractivity contribution in [3.05, 3.63) is 86.6 Å². The summed E-state index contributed by atoms with van der Waals surface area (Å²) in [4.78, 5) is 21.9. The Morgan fingerprint density at radius 3 is 2.70 bits per heavy atom. The fraction of sp³-hybridized carbons (Fsp3) is 0.100. The predicted molar refractivity (Wildman–Crippen MR) is 122 cm³/mol. The van der Waals surface area contributed by atoms with E-state index in [1.807, 2.05) is 18.2 Å². The zero-order valence-electron chi connectivity index (χ0n) is 15.4. The van der Waals surface area contributed by atoms with Gasteiger partial charge in [0.1, 0.15) is 6.33 Å². The zero-order valence-corrected chi connectivity index (χ0v) is 18.6. The summed E-state index contributed by atoms with van der Waals surface area (Å²) in [5.74, 6) is 0.537. The van der Waals surface area contributed by atoms with Crippen LogP contribution in [0, 0.1) is 0 Å². The monoisotopic (exact) mass is 475 g/mol. The molecule has 4 aromatic rings. The van der Waals surface area contributed by atoms with E-state index in [1.54, 1.807) is 42.2 Å². The summed E-state index contributed by atoms with van der Waals surface area (Å²) >= 11 is 15.1. The lowest BCUT2D eigenvalue weighted by molar-refractivity contribution is 0.102. The maximum Gasteiger partial charge on any atom is 0.257 e. The van der Waals surface area contributed by atoms with Crippen molar-refractivity contribution in [2.24, 2.45) is 0 Å². The Bertz CT molecular complexity index is 1150. The van der Waals surface area contributed by atoms with Crippen molar-refractivity contribution in [1.29, 1.82) is 0 Å². The van der Waals surface area contributed by atoms with Gasteiger partial charge < -0.3 is 0 Å². The first kappa shape index (κ1) is 20.9. The van der Waals surface area contributed by atoms with Crippen LogP contribution in [0.5, 0.6) is 0 Å². The predicted octanol–water partition coefficient (Wildman–Crippen LogP) is 5.70. The van der Waals surface area contributed by atoms with E-state index in [0.717, 1.165) is 26.9 Å². The quantitative estimate of drug-likeness (QED) is 0.334. The minimum absolute atomic E-state index is 0.199. The first-order chi connectivity index (χ1) is 14.6. The number of nitrogens with one attached hydrogen (secondary N) is 2.